The largest absolute Gasteiger partial charge is 0.505 e. The van der Waals surface area contributed by atoms with Crippen LogP contribution in [0.3, 0.4) is 0 Å². The molecule has 90 valence electrons. The molecule has 18 heavy (non-hydrogen) atoms. The highest BCUT2D eigenvalue weighted by Crippen LogP contribution is 2.25. The van der Waals surface area contributed by atoms with Gasteiger partial charge in [0.1, 0.15) is 5.75 Å². The molecule has 0 bridgehead atoms. The number of pyridine rings is 1. The molecular weight excluding hydrogens is 228 g/mol. The molecule has 0 unspecified atom stereocenters. The molecule has 1 aromatic heterocycles. The summed E-state index contributed by atoms with van der Waals surface area (Å²) in [7, 11) is 0. The third kappa shape index (κ3) is 1.72. The number of rotatable bonds is 1. The number of carbonyl (C=O) groups is 1. The van der Waals surface area contributed by atoms with Crippen molar-refractivity contribution in [2.24, 2.45) is 0 Å². The van der Waals surface area contributed by atoms with Crippen LogP contribution < -0.4 is 0 Å². The van der Waals surface area contributed by atoms with Gasteiger partial charge in [0.2, 0.25) is 0 Å². The Morgan fingerprint density at radius 3 is 2.44 bits per heavy atom. The van der Waals surface area contributed by atoms with Crippen LogP contribution in [0, 0.1) is 0 Å². The zero-order valence-corrected chi connectivity index (χ0v) is 9.71. The molecule has 4 heteroatoms. The van der Waals surface area contributed by atoms with Crippen LogP contribution in [0.2, 0.25) is 0 Å². The molecule has 1 N–H and O–H groups in total. The summed E-state index contributed by atoms with van der Waals surface area (Å²) in [5, 5.41) is 9.65. The van der Waals surface area contributed by atoms with E-state index in [2.05, 4.69) is 4.98 Å². The van der Waals surface area contributed by atoms with Crippen molar-refractivity contribution in [1.82, 2.24) is 9.88 Å². The van der Waals surface area contributed by atoms with Crippen LogP contribution in [0.25, 0.3) is 0 Å². The molecule has 2 aromatic rings. The molecule has 0 saturated carbocycles. The molecule has 1 amide bonds. The Balaban J connectivity index is 1.87. The lowest BCUT2D eigenvalue weighted by atomic mass is 10.1. The number of benzene rings is 1. The standard InChI is InChI=1S/C14H12N2O2/c17-13-7-15-6-5-12(13)14(18)16-8-10-3-1-2-4-11(10)9-16/h1-7,17H,8-9H2. The predicted molar refractivity (Wildman–Crippen MR) is 65.9 cm³/mol. The van der Waals surface area contributed by atoms with Crippen molar-refractivity contribution < 1.29 is 9.90 Å². The monoisotopic (exact) mass is 240 g/mol. The number of amides is 1. The fraction of sp³-hybridized carbons (Fsp3) is 0.143. The van der Waals surface area contributed by atoms with E-state index in [1.54, 1.807) is 11.0 Å². The zero-order valence-electron chi connectivity index (χ0n) is 9.71. The molecular formula is C14H12N2O2. The average molecular weight is 240 g/mol. The van der Waals surface area contributed by atoms with Crippen LogP contribution in [0.5, 0.6) is 5.75 Å². The third-order valence-corrected chi connectivity index (χ3v) is 3.16. The van der Waals surface area contributed by atoms with Gasteiger partial charge in [0.25, 0.3) is 5.91 Å². The molecule has 0 fully saturated rings. The molecule has 0 atom stereocenters. The van der Waals surface area contributed by atoms with E-state index < -0.39 is 0 Å². The third-order valence-electron chi connectivity index (χ3n) is 3.16. The number of hydrogen-bond acceptors (Lipinski definition) is 3. The van der Waals surface area contributed by atoms with Crippen molar-refractivity contribution in [3.8, 4) is 5.75 Å². The number of aromatic hydroxyl groups is 1. The minimum absolute atomic E-state index is 0.0709. The molecule has 1 aromatic carbocycles. The van der Waals surface area contributed by atoms with E-state index in [1.165, 1.54) is 23.5 Å². The first kappa shape index (κ1) is 10.8. The molecule has 1 aliphatic heterocycles. The van der Waals surface area contributed by atoms with Crippen molar-refractivity contribution in [2.45, 2.75) is 13.1 Å². The SMILES string of the molecule is O=C(c1ccncc1O)N1Cc2ccccc2C1. The van der Waals surface area contributed by atoms with E-state index in [4.69, 9.17) is 0 Å². The quantitative estimate of drug-likeness (QED) is 0.828. The highest BCUT2D eigenvalue weighted by Gasteiger charge is 2.25. The fourth-order valence-electron chi connectivity index (χ4n) is 2.21. The van der Waals surface area contributed by atoms with Gasteiger partial charge in [-0.1, -0.05) is 24.3 Å². The van der Waals surface area contributed by atoms with Crippen LogP contribution in [-0.2, 0) is 13.1 Å². The highest BCUT2D eigenvalue weighted by molar-refractivity contribution is 5.96. The summed E-state index contributed by atoms with van der Waals surface area (Å²) < 4.78 is 0. The molecule has 1 aliphatic rings. The Kier molecular flexibility index (Phi) is 2.48. The summed E-state index contributed by atoms with van der Waals surface area (Å²) in [6.45, 7) is 1.19. The maximum Gasteiger partial charge on any atom is 0.258 e. The van der Waals surface area contributed by atoms with E-state index in [0.29, 0.717) is 18.7 Å². The Labute approximate surface area is 105 Å². The summed E-state index contributed by atoms with van der Waals surface area (Å²) in [5.41, 5.74) is 2.64. The van der Waals surface area contributed by atoms with Crippen molar-refractivity contribution in [3.05, 3.63) is 59.4 Å². The molecule has 0 aliphatic carbocycles. The lowest BCUT2D eigenvalue weighted by Crippen LogP contribution is -2.25. The van der Waals surface area contributed by atoms with Gasteiger partial charge < -0.3 is 10.0 Å². The lowest BCUT2D eigenvalue weighted by Gasteiger charge is -2.15. The number of carbonyl (C=O) groups excluding carboxylic acids is 1. The highest BCUT2D eigenvalue weighted by atomic mass is 16.3. The van der Waals surface area contributed by atoms with Crippen molar-refractivity contribution in [3.63, 3.8) is 0 Å². The molecule has 3 rings (SSSR count). The Hall–Kier alpha value is -2.36. The minimum Gasteiger partial charge on any atom is -0.505 e. The van der Waals surface area contributed by atoms with Gasteiger partial charge in [0.05, 0.1) is 11.8 Å². The molecule has 4 nitrogen and oxygen atoms in total. The van der Waals surface area contributed by atoms with Gasteiger partial charge in [-0.05, 0) is 17.2 Å². The van der Waals surface area contributed by atoms with Crippen LogP contribution in [0.4, 0.5) is 0 Å². The Morgan fingerprint density at radius 1 is 1.17 bits per heavy atom. The molecule has 2 heterocycles. The molecule has 0 spiro atoms. The fourth-order valence-corrected chi connectivity index (χ4v) is 2.21. The topological polar surface area (TPSA) is 53.4 Å². The second-order valence-corrected chi connectivity index (χ2v) is 4.32. The number of nitrogens with zero attached hydrogens (tertiary/aromatic N) is 2. The summed E-state index contributed by atoms with van der Waals surface area (Å²) in [6.07, 6.45) is 2.80. The summed E-state index contributed by atoms with van der Waals surface area (Å²) in [5.74, 6) is -0.232. The average Bonchev–Trinajstić information content (AvgIpc) is 2.82. The van der Waals surface area contributed by atoms with E-state index in [0.717, 1.165) is 0 Å². The maximum atomic E-state index is 12.3. The van der Waals surface area contributed by atoms with Gasteiger partial charge in [0, 0.05) is 19.3 Å². The minimum atomic E-state index is -0.161. The first-order valence-corrected chi connectivity index (χ1v) is 5.75. The normalized spacial score (nSPS) is 13.4. The van der Waals surface area contributed by atoms with Gasteiger partial charge in [-0.3, -0.25) is 9.78 Å². The van der Waals surface area contributed by atoms with Gasteiger partial charge in [0.15, 0.2) is 0 Å². The predicted octanol–water partition coefficient (Wildman–Crippen LogP) is 1.94. The van der Waals surface area contributed by atoms with E-state index in [-0.39, 0.29) is 11.7 Å². The van der Waals surface area contributed by atoms with Crippen LogP contribution >= 0.6 is 0 Å². The van der Waals surface area contributed by atoms with Gasteiger partial charge in [-0.15, -0.1) is 0 Å². The maximum absolute atomic E-state index is 12.3. The Bertz CT molecular complexity index is 585. The smallest absolute Gasteiger partial charge is 0.258 e. The van der Waals surface area contributed by atoms with Gasteiger partial charge >= 0.3 is 0 Å². The van der Waals surface area contributed by atoms with E-state index in [9.17, 15) is 9.90 Å². The molecule has 0 radical (unpaired) electrons. The van der Waals surface area contributed by atoms with Crippen molar-refractivity contribution in [2.75, 3.05) is 0 Å². The van der Waals surface area contributed by atoms with Crippen molar-refractivity contribution >= 4 is 5.91 Å². The van der Waals surface area contributed by atoms with Gasteiger partial charge in [-0.2, -0.15) is 0 Å². The van der Waals surface area contributed by atoms with Crippen LogP contribution in [0.15, 0.2) is 42.7 Å². The zero-order chi connectivity index (χ0) is 12.5. The summed E-state index contributed by atoms with van der Waals surface area (Å²) >= 11 is 0. The first-order chi connectivity index (χ1) is 8.75. The number of aromatic nitrogens is 1. The van der Waals surface area contributed by atoms with E-state index >= 15 is 0 Å². The number of hydrogen-bond donors (Lipinski definition) is 1. The second kappa shape index (κ2) is 4.14. The van der Waals surface area contributed by atoms with Gasteiger partial charge in [-0.25, -0.2) is 0 Å². The Morgan fingerprint density at radius 2 is 1.83 bits per heavy atom. The van der Waals surface area contributed by atoms with Crippen LogP contribution in [0.1, 0.15) is 21.5 Å². The summed E-state index contributed by atoms with van der Waals surface area (Å²) in [4.78, 5) is 17.8. The first-order valence-electron chi connectivity index (χ1n) is 5.75. The second-order valence-electron chi connectivity index (χ2n) is 4.32. The molecule has 0 saturated heterocycles. The summed E-state index contributed by atoms with van der Waals surface area (Å²) in [6, 6.07) is 9.53. The van der Waals surface area contributed by atoms with Crippen molar-refractivity contribution in [1.29, 1.82) is 0 Å². The van der Waals surface area contributed by atoms with E-state index in [1.807, 2.05) is 24.3 Å². The number of fused-ring (bicyclic) bond motifs is 1. The lowest BCUT2D eigenvalue weighted by molar-refractivity contribution is 0.0748. The van der Waals surface area contributed by atoms with Crippen LogP contribution in [-0.4, -0.2) is 20.9 Å².